The Kier molecular flexibility index (Phi) is 10.3. The highest BCUT2D eigenvalue weighted by Crippen LogP contribution is 2.37. The zero-order valence-corrected chi connectivity index (χ0v) is 26.1. The van der Waals surface area contributed by atoms with E-state index in [0.717, 1.165) is 85.3 Å². The predicted octanol–water partition coefficient (Wildman–Crippen LogP) is 4.33. The summed E-state index contributed by atoms with van der Waals surface area (Å²) in [4.78, 5) is 34.2. The summed E-state index contributed by atoms with van der Waals surface area (Å²) in [5.74, 6) is 1.01. The van der Waals surface area contributed by atoms with Gasteiger partial charge in [0, 0.05) is 58.2 Å². The van der Waals surface area contributed by atoms with Crippen molar-refractivity contribution in [3.63, 3.8) is 0 Å². The van der Waals surface area contributed by atoms with Gasteiger partial charge in [-0.25, -0.2) is 14.6 Å². The Bertz CT molecular complexity index is 1590. The van der Waals surface area contributed by atoms with Gasteiger partial charge in [0.05, 0.1) is 11.4 Å². The molecule has 3 heterocycles. The molecule has 0 spiro atoms. The molecule has 2 aliphatic rings. The number of carbonyl (C=O) groups excluding carboxylic acids is 1. The highest BCUT2D eigenvalue weighted by Gasteiger charge is 2.30. The first-order valence-electron chi connectivity index (χ1n) is 15.4. The first-order chi connectivity index (χ1) is 21.7. The van der Waals surface area contributed by atoms with Crippen LogP contribution in [-0.2, 0) is 16.1 Å². The van der Waals surface area contributed by atoms with Crippen molar-refractivity contribution in [2.45, 2.75) is 58.2 Å². The molecule has 6 rings (SSSR count). The van der Waals surface area contributed by atoms with Gasteiger partial charge in [0.2, 0.25) is 5.91 Å². The first-order valence-corrected chi connectivity index (χ1v) is 15.4. The lowest BCUT2D eigenvalue weighted by Gasteiger charge is -2.41. The van der Waals surface area contributed by atoms with Gasteiger partial charge < -0.3 is 25.8 Å². The molecule has 0 unspecified atom stereocenters. The molecule has 1 aliphatic heterocycles. The van der Waals surface area contributed by atoms with Crippen LogP contribution in [0.15, 0.2) is 54.9 Å². The molecule has 12 heteroatoms. The number of carboxylic acids is 1. The van der Waals surface area contributed by atoms with Crippen LogP contribution in [0.5, 0.6) is 11.5 Å². The van der Waals surface area contributed by atoms with Gasteiger partial charge in [0.15, 0.2) is 5.65 Å². The average molecular weight is 615 g/mol. The fourth-order valence-corrected chi connectivity index (χ4v) is 6.03. The summed E-state index contributed by atoms with van der Waals surface area (Å²) in [7, 11) is 2.21. The van der Waals surface area contributed by atoms with Crippen LogP contribution >= 0.6 is 0 Å². The van der Waals surface area contributed by atoms with E-state index in [1.807, 2.05) is 48.5 Å². The van der Waals surface area contributed by atoms with Gasteiger partial charge in [0.1, 0.15) is 29.3 Å². The number of nitrogens with two attached hydrogens (primary N) is 1. The topological polar surface area (TPSA) is 152 Å². The number of nitrogens with one attached hydrogen (secondary N) is 1. The van der Waals surface area contributed by atoms with Gasteiger partial charge in [-0.1, -0.05) is 12.1 Å². The van der Waals surface area contributed by atoms with E-state index < -0.39 is 5.97 Å². The van der Waals surface area contributed by atoms with Gasteiger partial charge >= 0.3 is 0 Å². The Hall–Kier alpha value is -4.55. The number of nitrogen functional groups attached to an aromatic ring is 1. The maximum absolute atomic E-state index is 11.1. The minimum Gasteiger partial charge on any atom is -0.481 e. The number of fused-ring (bicyclic) bond motifs is 1. The minimum atomic E-state index is -0.833. The average Bonchev–Trinajstić information content (AvgIpc) is 3.42. The number of likely N-dealkylation sites (N-methyl/N-ethyl adjacent to an activating group) is 1. The van der Waals surface area contributed by atoms with Crippen molar-refractivity contribution in [3.05, 3.63) is 60.4 Å². The zero-order valence-electron chi connectivity index (χ0n) is 26.1. The number of carboxylic acid groups (broad SMARTS) is 1. The molecule has 238 valence electrons. The Morgan fingerprint density at radius 2 is 1.49 bits per heavy atom. The standard InChI is InChI=1S/C31H38N8O2.C2H4O2/c1-21(40)33-19-22-3-11-26(12-4-22)41-27-13-5-23(6-14-27)29-28-30(32)34-20-35-31(28)39(36-29)25-9-7-24(8-10-25)38-17-15-37(2)16-18-38;1-2(3)4/h3-6,11-14,20,24-25H,7-10,15-19H2,1-2H3,(H,33,40)(H2,32,34,35);1H3,(H,3,4)/t24-,25+;. The third kappa shape index (κ3) is 8.14. The number of anilines is 1. The van der Waals surface area contributed by atoms with E-state index in [1.54, 1.807) is 0 Å². The molecule has 45 heavy (non-hydrogen) atoms. The fourth-order valence-electron chi connectivity index (χ4n) is 6.03. The zero-order chi connectivity index (χ0) is 31.9. The van der Waals surface area contributed by atoms with Crippen LogP contribution in [0.3, 0.4) is 0 Å². The molecule has 2 aromatic carbocycles. The molecule has 0 atom stereocenters. The number of piperazine rings is 1. The van der Waals surface area contributed by atoms with Crippen molar-refractivity contribution in [3.8, 4) is 22.8 Å². The highest BCUT2D eigenvalue weighted by molar-refractivity contribution is 5.98. The number of carbonyl (C=O) groups is 2. The molecule has 4 aromatic rings. The van der Waals surface area contributed by atoms with E-state index >= 15 is 0 Å². The Balaban J connectivity index is 0.000000945. The van der Waals surface area contributed by atoms with E-state index in [2.05, 4.69) is 36.8 Å². The van der Waals surface area contributed by atoms with Crippen LogP contribution in [-0.4, -0.2) is 85.8 Å². The molecule has 0 radical (unpaired) electrons. The van der Waals surface area contributed by atoms with Crippen LogP contribution < -0.4 is 15.8 Å². The summed E-state index contributed by atoms with van der Waals surface area (Å²) < 4.78 is 8.15. The molecule has 1 saturated carbocycles. The maximum atomic E-state index is 11.1. The van der Waals surface area contributed by atoms with Crippen molar-refractivity contribution in [2.24, 2.45) is 0 Å². The Labute approximate surface area is 263 Å². The van der Waals surface area contributed by atoms with E-state index in [-0.39, 0.29) is 5.91 Å². The van der Waals surface area contributed by atoms with Crippen molar-refractivity contribution < 1.29 is 19.4 Å². The lowest BCUT2D eigenvalue weighted by molar-refractivity contribution is -0.134. The minimum absolute atomic E-state index is 0.0510. The summed E-state index contributed by atoms with van der Waals surface area (Å²) >= 11 is 0. The number of hydrogen-bond donors (Lipinski definition) is 3. The van der Waals surface area contributed by atoms with Crippen molar-refractivity contribution in [2.75, 3.05) is 39.0 Å². The lowest BCUT2D eigenvalue weighted by atomic mass is 9.90. The fraction of sp³-hybridized carbons (Fsp3) is 0.424. The van der Waals surface area contributed by atoms with Crippen molar-refractivity contribution in [1.82, 2.24) is 34.9 Å². The summed E-state index contributed by atoms with van der Waals surface area (Å²) in [5, 5.41) is 16.1. The second-order valence-corrected chi connectivity index (χ2v) is 11.8. The third-order valence-electron chi connectivity index (χ3n) is 8.41. The Morgan fingerprint density at radius 3 is 2.09 bits per heavy atom. The number of benzene rings is 2. The number of rotatable bonds is 7. The van der Waals surface area contributed by atoms with Gasteiger partial charge in [-0.2, -0.15) is 5.10 Å². The quantitative estimate of drug-likeness (QED) is 0.274. The van der Waals surface area contributed by atoms with E-state index in [4.69, 9.17) is 25.5 Å². The number of aliphatic carboxylic acids is 1. The predicted molar refractivity (Wildman–Crippen MR) is 173 cm³/mol. The van der Waals surface area contributed by atoms with Crippen molar-refractivity contribution in [1.29, 1.82) is 0 Å². The molecule has 1 aliphatic carbocycles. The van der Waals surface area contributed by atoms with E-state index in [9.17, 15) is 4.79 Å². The van der Waals surface area contributed by atoms with Crippen LogP contribution in [0.1, 0.15) is 51.1 Å². The van der Waals surface area contributed by atoms with Crippen LogP contribution in [0.2, 0.25) is 0 Å². The van der Waals surface area contributed by atoms with E-state index in [1.165, 1.54) is 26.1 Å². The van der Waals surface area contributed by atoms with Crippen molar-refractivity contribution >= 4 is 28.7 Å². The summed E-state index contributed by atoms with van der Waals surface area (Å²) in [6.07, 6.45) is 6.03. The molecule has 2 aromatic heterocycles. The Morgan fingerprint density at radius 1 is 0.911 bits per heavy atom. The SMILES string of the molecule is CC(=O)NCc1ccc(Oc2ccc(-c3nn([C@H]4CC[C@@H](N5CCN(C)CC5)CC4)c4ncnc(N)c34)cc2)cc1.CC(=O)O. The highest BCUT2D eigenvalue weighted by atomic mass is 16.5. The van der Waals surface area contributed by atoms with Crippen LogP contribution in [0, 0.1) is 0 Å². The third-order valence-corrected chi connectivity index (χ3v) is 8.41. The van der Waals surface area contributed by atoms with Crippen LogP contribution in [0.4, 0.5) is 5.82 Å². The van der Waals surface area contributed by atoms with E-state index in [0.29, 0.717) is 24.4 Å². The number of hydrogen-bond acceptors (Lipinski definition) is 9. The second kappa shape index (κ2) is 14.5. The van der Waals surface area contributed by atoms with Gasteiger partial charge in [-0.15, -0.1) is 0 Å². The van der Waals surface area contributed by atoms with Gasteiger partial charge in [0.25, 0.3) is 5.97 Å². The maximum Gasteiger partial charge on any atom is 0.300 e. The molecule has 12 nitrogen and oxygen atoms in total. The molecule has 0 bridgehead atoms. The summed E-state index contributed by atoms with van der Waals surface area (Å²) in [6, 6.07) is 16.5. The molecule has 2 fully saturated rings. The number of aromatic nitrogens is 4. The molecule has 1 amide bonds. The lowest BCUT2D eigenvalue weighted by Crippen LogP contribution is -2.49. The second-order valence-electron chi connectivity index (χ2n) is 11.8. The number of amides is 1. The normalized spacial score (nSPS) is 19.0. The van der Waals surface area contributed by atoms with Gasteiger partial charge in [-0.3, -0.25) is 14.5 Å². The van der Waals surface area contributed by atoms with Gasteiger partial charge in [-0.05, 0) is 74.7 Å². The van der Waals surface area contributed by atoms with Crippen LogP contribution in [0.25, 0.3) is 22.3 Å². The number of ether oxygens (including phenoxy) is 1. The molecular weight excluding hydrogens is 572 g/mol. The summed E-state index contributed by atoms with van der Waals surface area (Å²) in [6.45, 7) is 7.71. The summed E-state index contributed by atoms with van der Waals surface area (Å²) in [5.41, 5.74) is 9.94. The number of nitrogens with zero attached hydrogens (tertiary/aromatic N) is 6. The molecule has 4 N–H and O–H groups in total. The largest absolute Gasteiger partial charge is 0.481 e. The molecular formula is C33H42N8O4. The smallest absolute Gasteiger partial charge is 0.300 e. The monoisotopic (exact) mass is 614 g/mol. The first kappa shape index (κ1) is 31.9. The molecule has 1 saturated heterocycles.